The van der Waals surface area contributed by atoms with Crippen LogP contribution in [0.5, 0.6) is 5.75 Å². The maximum atomic E-state index is 12.7. The van der Waals surface area contributed by atoms with Crippen LogP contribution >= 0.6 is 11.3 Å². The fraction of sp³-hybridized carbons (Fsp3) is 0.238. The fourth-order valence-corrected chi connectivity index (χ4v) is 4.41. The largest absolute Gasteiger partial charge is 0.497 e. The molecule has 1 aliphatic heterocycles. The number of nitrogens with zero attached hydrogens (tertiary/aromatic N) is 2. The molecule has 1 aromatic heterocycles. The van der Waals surface area contributed by atoms with E-state index in [1.165, 1.54) is 4.70 Å². The Hall–Kier alpha value is -2.66. The van der Waals surface area contributed by atoms with E-state index in [2.05, 4.69) is 6.07 Å². The maximum absolute atomic E-state index is 12.7. The number of hydrogen-bond acceptors (Lipinski definition) is 4. The van der Waals surface area contributed by atoms with E-state index in [-0.39, 0.29) is 11.9 Å². The predicted molar refractivity (Wildman–Crippen MR) is 105 cm³/mol. The Bertz CT molecular complexity index is 913. The molecule has 5 heteroatoms. The van der Waals surface area contributed by atoms with E-state index >= 15 is 0 Å². The van der Waals surface area contributed by atoms with Gasteiger partial charge in [0.1, 0.15) is 10.8 Å². The van der Waals surface area contributed by atoms with Crippen LogP contribution in [0.1, 0.15) is 29.5 Å². The summed E-state index contributed by atoms with van der Waals surface area (Å²) in [5, 5.41) is 1.04. The zero-order valence-corrected chi connectivity index (χ0v) is 15.4. The SMILES string of the molecule is COc1ccc(C=CC(=O)N2CCCC2c2nc3ccccc3s2)cc1. The smallest absolute Gasteiger partial charge is 0.247 e. The van der Waals surface area contributed by atoms with Crippen molar-refractivity contribution in [3.63, 3.8) is 0 Å². The van der Waals surface area contributed by atoms with Crippen molar-refractivity contribution in [3.05, 3.63) is 65.2 Å². The van der Waals surface area contributed by atoms with Crippen molar-refractivity contribution < 1.29 is 9.53 Å². The molecule has 0 saturated carbocycles. The van der Waals surface area contributed by atoms with Gasteiger partial charge in [-0.15, -0.1) is 11.3 Å². The molecule has 0 spiro atoms. The van der Waals surface area contributed by atoms with Gasteiger partial charge in [0.25, 0.3) is 0 Å². The van der Waals surface area contributed by atoms with Crippen molar-refractivity contribution in [3.8, 4) is 5.75 Å². The van der Waals surface area contributed by atoms with E-state index in [9.17, 15) is 4.79 Å². The van der Waals surface area contributed by atoms with Gasteiger partial charge < -0.3 is 9.64 Å². The molecule has 0 aliphatic carbocycles. The Balaban J connectivity index is 1.51. The lowest BCUT2D eigenvalue weighted by molar-refractivity contribution is -0.126. The van der Waals surface area contributed by atoms with Gasteiger partial charge in [0.05, 0.1) is 23.4 Å². The first-order valence-electron chi connectivity index (χ1n) is 8.73. The van der Waals surface area contributed by atoms with Gasteiger partial charge in [-0.1, -0.05) is 24.3 Å². The van der Waals surface area contributed by atoms with E-state index in [1.807, 2.05) is 53.4 Å². The van der Waals surface area contributed by atoms with Crippen molar-refractivity contribution in [2.45, 2.75) is 18.9 Å². The van der Waals surface area contributed by atoms with Crippen LogP contribution in [-0.4, -0.2) is 29.4 Å². The summed E-state index contributed by atoms with van der Waals surface area (Å²) < 4.78 is 6.34. The van der Waals surface area contributed by atoms with Crippen molar-refractivity contribution in [1.82, 2.24) is 9.88 Å². The molecule has 1 aliphatic rings. The minimum Gasteiger partial charge on any atom is -0.497 e. The van der Waals surface area contributed by atoms with E-state index in [0.717, 1.165) is 41.2 Å². The average Bonchev–Trinajstić information content (AvgIpc) is 3.32. The molecule has 26 heavy (non-hydrogen) atoms. The lowest BCUT2D eigenvalue weighted by Crippen LogP contribution is -2.28. The number of thiazole rings is 1. The van der Waals surface area contributed by atoms with Crippen molar-refractivity contribution >= 4 is 33.5 Å². The highest BCUT2D eigenvalue weighted by atomic mass is 32.1. The number of rotatable bonds is 4. The van der Waals surface area contributed by atoms with Crippen molar-refractivity contribution in [2.75, 3.05) is 13.7 Å². The molecule has 1 fully saturated rings. The Morgan fingerprint density at radius 2 is 2.04 bits per heavy atom. The molecule has 1 saturated heterocycles. The van der Waals surface area contributed by atoms with Crippen LogP contribution in [0.4, 0.5) is 0 Å². The number of likely N-dealkylation sites (tertiary alicyclic amines) is 1. The van der Waals surface area contributed by atoms with Gasteiger partial charge in [-0.2, -0.15) is 0 Å². The van der Waals surface area contributed by atoms with Gasteiger partial charge in [-0.05, 0) is 48.7 Å². The lowest BCUT2D eigenvalue weighted by atomic mass is 10.2. The summed E-state index contributed by atoms with van der Waals surface area (Å²) in [6.45, 7) is 0.784. The molecule has 3 aromatic rings. The van der Waals surface area contributed by atoms with Gasteiger partial charge >= 0.3 is 0 Å². The normalized spacial score (nSPS) is 17.3. The molecular formula is C21H20N2O2S. The van der Waals surface area contributed by atoms with E-state index in [0.29, 0.717) is 0 Å². The third-order valence-electron chi connectivity index (χ3n) is 4.67. The molecule has 2 heterocycles. The van der Waals surface area contributed by atoms with Gasteiger partial charge in [0.15, 0.2) is 0 Å². The zero-order valence-electron chi connectivity index (χ0n) is 14.6. The molecule has 1 amide bonds. The number of carbonyl (C=O) groups excluding carboxylic acids is 1. The molecule has 132 valence electrons. The van der Waals surface area contributed by atoms with Crippen LogP contribution in [0, 0.1) is 0 Å². The Labute approximate surface area is 156 Å². The molecular weight excluding hydrogens is 344 g/mol. The molecule has 0 N–H and O–H groups in total. The average molecular weight is 364 g/mol. The number of benzene rings is 2. The molecule has 0 radical (unpaired) electrons. The van der Waals surface area contributed by atoms with Crippen LogP contribution in [-0.2, 0) is 4.79 Å². The van der Waals surface area contributed by atoms with Crippen LogP contribution in [0.2, 0.25) is 0 Å². The first kappa shape index (κ1) is 16.8. The molecule has 2 aromatic carbocycles. The highest BCUT2D eigenvalue weighted by Gasteiger charge is 2.31. The standard InChI is InChI=1S/C21H20N2O2S/c1-25-16-11-8-15(9-12-16)10-13-20(24)23-14-4-6-18(23)21-22-17-5-2-3-7-19(17)26-21/h2-3,5,7-13,18H,4,6,14H2,1H3. The number of para-hydroxylation sites is 1. The summed E-state index contributed by atoms with van der Waals surface area (Å²) in [7, 11) is 1.64. The Morgan fingerprint density at radius 1 is 1.23 bits per heavy atom. The minimum atomic E-state index is 0.0441. The second-order valence-electron chi connectivity index (χ2n) is 6.32. The summed E-state index contributed by atoms with van der Waals surface area (Å²) in [6, 6.07) is 15.9. The number of aromatic nitrogens is 1. The maximum Gasteiger partial charge on any atom is 0.247 e. The molecule has 1 atom stereocenters. The van der Waals surface area contributed by atoms with E-state index < -0.39 is 0 Å². The molecule has 4 nitrogen and oxygen atoms in total. The first-order chi connectivity index (χ1) is 12.7. The van der Waals surface area contributed by atoms with Crippen LogP contribution < -0.4 is 4.74 Å². The predicted octanol–water partition coefficient (Wildman–Crippen LogP) is 4.68. The third-order valence-corrected chi connectivity index (χ3v) is 5.80. The van der Waals surface area contributed by atoms with E-state index in [1.54, 1.807) is 24.5 Å². The van der Waals surface area contributed by atoms with Crippen molar-refractivity contribution in [1.29, 1.82) is 0 Å². The summed E-state index contributed by atoms with van der Waals surface area (Å²) in [6.07, 6.45) is 5.51. The van der Waals surface area contributed by atoms with Crippen molar-refractivity contribution in [2.24, 2.45) is 0 Å². The zero-order chi connectivity index (χ0) is 17.9. The minimum absolute atomic E-state index is 0.0441. The van der Waals surface area contributed by atoms with Gasteiger partial charge in [0.2, 0.25) is 5.91 Å². The number of carbonyl (C=O) groups is 1. The van der Waals surface area contributed by atoms with Gasteiger partial charge in [-0.25, -0.2) is 4.98 Å². The monoisotopic (exact) mass is 364 g/mol. The van der Waals surface area contributed by atoms with Gasteiger partial charge in [-0.3, -0.25) is 4.79 Å². The molecule has 0 bridgehead atoms. The Morgan fingerprint density at radius 3 is 2.81 bits per heavy atom. The number of amides is 1. The fourth-order valence-electron chi connectivity index (χ4n) is 3.30. The summed E-state index contributed by atoms with van der Waals surface area (Å²) in [4.78, 5) is 19.4. The molecule has 1 unspecified atom stereocenters. The summed E-state index contributed by atoms with van der Waals surface area (Å²) in [5.41, 5.74) is 2.00. The van der Waals surface area contributed by atoms with Crippen LogP contribution in [0.3, 0.4) is 0 Å². The second kappa shape index (κ2) is 7.30. The quantitative estimate of drug-likeness (QED) is 0.631. The summed E-state index contributed by atoms with van der Waals surface area (Å²) >= 11 is 1.69. The highest BCUT2D eigenvalue weighted by Crippen LogP contribution is 2.36. The third kappa shape index (κ3) is 3.35. The number of fused-ring (bicyclic) bond motifs is 1. The lowest BCUT2D eigenvalue weighted by Gasteiger charge is -2.21. The molecule has 4 rings (SSSR count). The summed E-state index contributed by atoms with van der Waals surface area (Å²) in [5.74, 6) is 0.853. The first-order valence-corrected chi connectivity index (χ1v) is 9.54. The highest BCUT2D eigenvalue weighted by molar-refractivity contribution is 7.18. The van der Waals surface area contributed by atoms with Gasteiger partial charge in [0, 0.05) is 12.6 Å². The number of hydrogen-bond donors (Lipinski definition) is 0. The topological polar surface area (TPSA) is 42.4 Å². The second-order valence-corrected chi connectivity index (χ2v) is 7.38. The number of methoxy groups -OCH3 is 1. The Kier molecular flexibility index (Phi) is 4.71. The van der Waals surface area contributed by atoms with Crippen LogP contribution in [0.25, 0.3) is 16.3 Å². The van der Waals surface area contributed by atoms with Crippen LogP contribution in [0.15, 0.2) is 54.6 Å². The van der Waals surface area contributed by atoms with E-state index in [4.69, 9.17) is 9.72 Å². The number of ether oxygens (including phenoxy) is 1.